The number of nitrogens with zero attached hydrogens (tertiary/aromatic N) is 3. The molecule has 3 heterocycles. The summed E-state index contributed by atoms with van der Waals surface area (Å²) < 4.78 is 5.81. The normalized spacial score (nSPS) is 20.4. The van der Waals surface area contributed by atoms with Crippen LogP contribution in [0.1, 0.15) is 44.1 Å². The van der Waals surface area contributed by atoms with Gasteiger partial charge in [-0.3, -0.25) is 0 Å². The van der Waals surface area contributed by atoms with E-state index in [4.69, 9.17) is 9.73 Å². The highest BCUT2D eigenvalue weighted by Gasteiger charge is 2.22. The van der Waals surface area contributed by atoms with Crippen LogP contribution in [0.15, 0.2) is 40.8 Å². The standard InChI is InChI=1S/C22H33N5OS.HI/c1-5-23-22(25-11-16(2)20-7-6-10-29-20)26-13-19-8-9-21(24-12-19)27-14-17(3)28-18(4)15-27;/h6-10,12,16-18H,5,11,13-15H2,1-4H3,(H2,23,25,26);1H. The van der Waals surface area contributed by atoms with E-state index >= 15 is 0 Å². The lowest BCUT2D eigenvalue weighted by molar-refractivity contribution is -0.00545. The van der Waals surface area contributed by atoms with E-state index in [0.717, 1.165) is 43.5 Å². The molecule has 1 saturated heterocycles. The number of rotatable bonds is 7. The quantitative estimate of drug-likeness (QED) is 0.311. The van der Waals surface area contributed by atoms with Gasteiger partial charge in [0.05, 0.1) is 18.8 Å². The molecule has 6 nitrogen and oxygen atoms in total. The second-order valence-electron chi connectivity index (χ2n) is 7.68. The lowest BCUT2D eigenvalue weighted by Gasteiger charge is -2.36. The van der Waals surface area contributed by atoms with Crippen LogP contribution >= 0.6 is 35.3 Å². The zero-order valence-corrected chi connectivity index (χ0v) is 21.4. The number of nitrogens with one attached hydrogen (secondary N) is 2. The molecule has 30 heavy (non-hydrogen) atoms. The number of morpholine rings is 1. The topological polar surface area (TPSA) is 61.8 Å². The molecule has 2 aromatic rings. The fourth-order valence-electron chi connectivity index (χ4n) is 3.50. The third-order valence-corrected chi connectivity index (χ3v) is 6.03. The Morgan fingerprint density at radius 2 is 2.03 bits per heavy atom. The van der Waals surface area contributed by atoms with Crippen molar-refractivity contribution >= 4 is 47.1 Å². The first kappa shape index (κ1) is 24.9. The van der Waals surface area contributed by atoms with Crippen LogP contribution in [0.4, 0.5) is 5.82 Å². The highest BCUT2D eigenvalue weighted by Crippen LogP contribution is 2.20. The average molecular weight is 544 g/mol. The van der Waals surface area contributed by atoms with Gasteiger partial charge in [0, 0.05) is 43.2 Å². The maximum Gasteiger partial charge on any atom is 0.191 e. The Kier molecular flexibility index (Phi) is 10.3. The Labute approximate surface area is 201 Å². The Morgan fingerprint density at radius 1 is 1.27 bits per heavy atom. The van der Waals surface area contributed by atoms with Crippen LogP contribution in [-0.2, 0) is 11.3 Å². The van der Waals surface area contributed by atoms with Gasteiger partial charge in [-0.1, -0.05) is 19.1 Å². The van der Waals surface area contributed by atoms with Gasteiger partial charge in [0.15, 0.2) is 5.96 Å². The van der Waals surface area contributed by atoms with E-state index in [2.05, 4.69) is 77.9 Å². The molecule has 0 aliphatic carbocycles. The van der Waals surface area contributed by atoms with Gasteiger partial charge in [0.25, 0.3) is 0 Å². The van der Waals surface area contributed by atoms with Gasteiger partial charge < -0.3 is 20.3 Å². The van der Waals surface area contributed by atoms with Crippen LogP contribution in [0.5, 0.6) is 0 Å². The number of thiophene rings is 1. The van der Waals surface area contributed by atoms with E-state index in [1.54, 1.807) is 11.3 Å². The minimum atomic E-state index is 0. The number of halogens is 1. The van der Waals surface area contributed by atoms with E-state index in [1.807, 2.05) is 6.20 Å². The van der Waals surface area contributed by atoms with Gasteiger partial charge in [-0.2, -0.15) is 0 Å². The molecular weight excluding hydrogens is 509 g/mol. The lowest BCUT2D eigenvalue weighted by Crippen LogP contribution is -2.45. The Hall–Kier alpha value is -1.39. The first-order valence-corrected chi connectivity index (χ1v) is 11.3. The Morgan fingerprint density at radius 3 is 2.63 bits per heavy atom. The zero-order chi connectivity index (χ0) is 20.6. The second kappa shape index (κ2) is 12.5. The number of hydrogen-bond acceptors (Lipinski definition) is 5. The molecule has 166 valence electrons. The Balaban J connectivity index is 0.00000320. The third-order valence-electron chi connectivity index (χ3n) is 4.92. The molecule has 2 N–H and O–H groups in total. The smallest absolute Gasteiger partial charge is 0.191 e. The van der Waals surface area contributed by atoms with Crippen LogP contribution in [0.2, 0.25) is 0 Å². The van der Waals surface area contributed by atoms with Crippen molar-refractivity contribution in [1.29, 1.82) is 0 Å². The van der Waals surface area contributed by atoms with Crippen LogP contribution in [0, 0.1) is 0 Å². The Bertz CT molecular complexity index is 758. The van der Waals surface area contributed by atoms with Crippen molar-refractivity contribution in [2.24, 2.45) is 4.99 Å². The van der Waals surface area contributed by atoms with Crippen molar-refractivity contribution in [1.82, 2.24) is 15.6 Å². The molecular formula is C22H34IN5OS. The van der Waals surface area contributed by atoms with Crippen molar-refractivity contribution < 1.29 is 4.74 Å². The molecule has 0 aromatic carbocycles. The number of pyridine rings is 1. The van der Waals surface area contributed by atoms with Gasteiger partial charge in [-0.15, -0.1) is 35.3 Å². The molecule has 3 atom stereocenters. The first-order chi connectivity index (χ1) is 14.0. The fourth-order valence-corrected chi connectivity index (χ4v) is 4.28. The largest absolute Gasteiger partial charge is 0.372 e. The number of guanidine groups is 1. The summed E-state index contributed by atoms with van der Waals surface area (Å²) in [5, 5.41) is 8.91. The summed E-state index contributed by atoms with van der Waals surface area (Å²) in [6.45, 7) is 12.6. The lowest BCUT2D eigenvalue weighted by atomic mass is 10.1. The highest BCUT2D eigenvalue weighted by molar-refractivity contribution is 14.0. The molecule has 2 aromatic heterocycles. The van der Waals surface area contributed by atoms with Crippen LogP contribution in [0.25, 0.3) is 0 Å². The van der Waals surface area contributed by atoms with Crippen LogP contribution < -0.4 is 15.5 Å². The molecule has 3 rings (SSSR count). The molecule has 0 saturated carbocycles. The molecule has 1 aliphatic rings. The summed E-state index contributed by atoms with van der Waals surface area (Å²) >= 11 is 1.80. The first-order valence-electron chi connectivity index (χ1n) is 10.5. The molecule has 3 unspecified atom stereocenters. The minimum Gasteiger partial charge on any atom is -0.372 e. The second-order valence-corrected chi connectivity index (χ2v) is 8.66. The summed E-state index contributed by atoms with van der Waals surface area (Å²) in [5.74, 6) is 2.31. The molecule has 0 amide bonds. The molecule has 0 spiro atoms. The fraction of sp³-hybridized carbons (Fsp3) is 0.545. The van der Waals surface area contributed by atoms with Crippen LogP contribution in [-0.4, -0.2) is 49.3 Å². The van der Waals surface area contributed by atoms with Crippen molar-refractivity contribution in [2.45, 2.75) is 52.4 Å². The summed E-state index contributed by atoms with van der Waals surface area (Å²) in [6, 6.07) is 8.50. The van der Waals surface area contributed by atoms with Crippen molar-refractivity contribution in [3.05, 3.63) is 46.3 Å². The monoisotopic (exact) mass is 543 g/mol. The predicted molar refractivity (Wildman–Crippen MR) is 137 cm³/mol. The van der Waals surface area contributed by atoms with E-state index in [0.29, 0.717) is 12.5 Å². The van der Waals surface area contributed by atoms with E-state index in [9.17, 15) is 0 Å². The van der Waals surface area contributed by atoms with Gasteiger partial charge >= 0.3 is 0 Å². The maximum atomic E-state index is 5.81. The minimum absolute atomic E-state index is 0. The number of aliphatic imine (C=N–C) groups is 1. The summed E-state index contributed by atoms with van der Waals surface area (Å²) in [7, 11) is 0. The van der Waals surface area contributed by atoms with Gasteiger partial charge in [-0.05, 0) is 43.8 Å². The van der Waals surface area contributed by atoms with Crippen molar-refractivity contribution in [3.63, 3.8) is 0 Å². The van der Waals surface area contributed by atoms with Crippen LogP contribution in [0.3, 0.4) is 0 Å². The summed E-state index contributed by atoms with van der Waals surface area (Å²) in [4.78, 5) is 13.1. The van der Waals surface area contributed by atoms with E-state index < -0.39 is 0 Å². The number of anilines is 1. The molecule has 8 heteroatoms. The number of aromatic nitrogens is 1. The van der Waals surface area contributed by atoms with Gasteiger partial charge in [0.2, 0.25) is 0 Å². The zero-order valence-electron chi connectivity index (χ0n) is 18.3. The molecule has 1 aliphatic heterocycles. The van der Waals surface area contributed by atoms with Gasteiger partial charge in [-0.25, -0.2) is 9.98 Å². The molecule has 1 fully saturated rings. The SMILES string of the molecule is CCNC(=NCc1ccc(N2CC(C)OC(C)C2)nc1)NCC(C)c1cccs1.I. The van der Waals surface area contributed by atoms with Gasteiger partial charge in [0.1, 0.15) is 5.82 Å². The molecule has 0 bridgehead atoms. The van der Waals surface area contributed by atoms with E-state index in [1.165, 1.54) is 4.88 Å². The predicted octanol–water partition coefficient (Wildman–Crippen LogP) is 4.23. The molecule has 0 radical (unpaired) electrons. The maximum absolute atomic E-state index is 5.81. The average Bonchev–Trinajstić information content (AvgIpc) is 3.24. The third kappa shape index (κ3) is 7.39. The number of ether oxygens (including phenoxy) is 1. The summed E-state index contributed by atoms with van der Waals surface area (Å²) in [6.07, 6.45) is 2.40. The van der Waals surface area contributed by atoms with Crippen molar-refractivity contribution in [2.75, 3.05) is 31.1 Å². The summed E-state index contributed by atoms with van der Waals surface area (Å²) in [5.41, 5.74) is 1.10. The highest BCUT2D eigenvalue weighted by atomic mass is 127. The van der Waals surface area contributed by atoms with Crippen molar-refractivity contribution in [3.8, 4) is 0 Å². The van der Waals surface area contributed by atoms with E-state index in [-0.39, 0.29) is 36.2 Å². The number of hydrogen-bond donors (Lipinski definition) is 2.